The van der Waals surface area contributed by atoms with Crippen molar-refractivity contribution in [3.05, 3.63) is 47.8 Å². The molecule has 2 aliphatic heterocycles. The number of anilines is 1. The normalized spacial score (nSPS) is 19.8. The number of alkyl halides is 3. The average molecular weight is 438 g/mol. The second kappa shape index (κ2) is 8.71. The Kier molecular flexibility index (Phi) is 6.03. The fourth-order valence-corrected chi connectivity index (χ4v) is 4.51. The quantitative estimate of drug-likeness (QED) is 0.730. The van der Waals surface area contributed by atoms with E-state index in [2.05, 4.69) is 9.97 Å². The van der Waals surface area contributed by atoms with Crippen LogP contribution in [-0.2, 0) is 6.18 Å². The zero-order chi connectivity index (χ0) is 21.1. The lowest BCUT2D eigenvalue weighted by molar-refractivity contribution is -0.137. The number of hydrogen-bond donors (Lipinski definition) is 0. The van der Waals surface area contributed by atoms with Gasteiger partial charge < -0.3 is 14.5 Å². The van der Waals surface area contributed by atoms with Gasteiger partial charge in [0.2, 0.25) is 5.88 Å². The van der Waals surface area contributed by atoms with Gasteiger partial charge in [-0.2, -0.15) is 24.9 Å². The van der Waals surface area contributed by atoms with Crippen LogP contribution in [-0.4, -0.2) is 64.6 Å². The van der Waals surface area contributed by atoms with Gasteiger partial charge in [0.05, 0.1) is 11.1 Å². The maximum Gasteiger partial charge on any atom is 0.417 e. The highest BCUT2D eigenvalue weighted by Crippen LogP contribution is 2.29. The number of nitrogens with zero attached hydrogens (tertiary/aromatic N) is 4. The molecule has 6 nitrogen and oxygen atoms in total. The average Bonchev–Trinajstić information content (AvgIpc) is 3.26. The molecule has 2 aromatic heterocycles. The Bertz CT molecular complexity index is 863. The molecule has 2 aliphatic rings. The minimum Gasteiger partial charge on any atom is -0.473 e. The van der Waals surface area contributed by atoms with E-state index in [1.54, 1.807) is 17.0 Å². The molecule has 4 heterocycles. The van der Waals surface area contributed by atoms with Crippen molar-refractivity contribution < 1.29 is 22.7 Å². The Morgan fingerprint density at radius 1 is 1.07 bits per heavy atom. The summed E-state index contributed by atoms with van der Waals surface area (Å²) in [6, 6.07) is 5.83. The maximum atomic E-state index is 12.7. The van der Waals surface area contributed by atoms with Crippen molar-refractivity contribution in [2.45, 2.75) is 18.7 Å². The van der Waals surface area contributed by atoms with Crippen molar-refractivity contribution in [3.8, 4) is 5.88 Å². The molecule has 0 saturated carbocycles. The summed E-state index contributed by atoms with van der Waals surface area (Å²) in [7, 11) is 0. The predicted molar refractivity (Wildman–Crippen MR) is 108 cm³/mol. The van der Waals surface area contributed by atoms with Gasteiger partial charge in [-0.05, 0) is 30.4 Å². The van der Waals surface area contributed by atoms with Crippen molar-refractivity contribution >= 4 is 23.5 Å². The molecule has 1 unspecified atom stereocenters. The van der Waals surface area contributed by atoms with E-state index < -0.39 is 11.7 Å². The molecule has 0 aromatic carbocycles. The van der Waals surface area contributed by atoms with Gasteiger partial charge in [-0.25, -0.2) is 9.97 Å². The lowest BCUT2D eigenvalue weighted by atomic mass is 10.2. The Labute approximate surface area is 176 Å². The number of hydrogen-bond acceptors (Lipinski definition) is 6. The zero-order valence-electron chi connectivity index (χ0n) is 16.1. The third-order valence-electron chi connectivity index (χ3n) is 5.12. The van der Waals surface area contributed by atoms with E-state index in [4.69, 9.17) is 4.74 Å². The molecule has 4 rings (SSSR count). The van der Waals surface area contributed by atoms with Gasteiger partial charge in [0.25, 0.3) is 5.91 Å². The molecule has 160 valence electrons. The number of piperazine rings is 1. The highest BCUT2D eigenvalue weighted by molar-refractivity contribution is 7.99. The first-order chi connectivity index (χ1) is 14.4. The SMILES string of the molecule is O=C(c1ccc(OC2CCSC2)nc1)N1CCN(c2ccc(C(F)(F)F)cn2)CC1. The number of rotatable bonds is 4. The van der Waals surface area contributed by atoms with Gasteiger partial charge in [0.1, 0.15) is 11.9 Å². The van der Waals surface area contributed by atoms with Crippen LogP contribution >= 0.6 is 11.8 Å². The fraction of sp³-hybridized carbons (Fsp3) is 0.450. The second-order valence-electron chi connectivity index (χ2n) is 7.17. The third-order valence-corrected chi connectivity index (χ3v) is 6.26. The molecule has 0 spiro atoms. The summed E-state index contributed by atoms with van der Waals surface area (Å²) in [5.41, 5.74) is -0.282. The third kappa shape index (κ3) is 4.80. The number of carbonyl (C=O) groups excluding carboxylic acids is 1. The predicted octanol–water partition coefficient (Wildman–Crippen LogP) is 3.34. The summed E-state index contributed by atoms with van der Waals surface area (Å²) >= 11 is 1.86. The van der Waals surface area contributed by atoms with Gasteiger partial charge in [0, 0.05) is 50.4 Å². The lowest BCUT2D eigenvalue weighted by Crippen LogP contribution is -2.49. The highest BCUT2D eigenvalue weighted by Gasteiger charge is 2.31. The summed E-state index contributed by atoms with van der Waals surface area (Å²) in [5.74, 6) is 2.93. The van der Waals surface area contributed by atoms with Crippen LogP contribution in [0.15, 0.2) is 36.7 Å². The smallest absolute Gasteiger partial charge is 0.417 e. The van der Waals surface area contributed by atoms with Crippen molar-refractivity contribution in [1.29, 1.82) is 0 Å². The summed E-state index contributed by atoms with van der Waals surface area (Å²) in [4.78, 5) is 24.5. The monoisotopic (exact) mass is 438 g/mol. The van der Waals surface area contributed by atoms with Crippen LogP contribution < -0.4 is 9.64 Å². The van der Waals surface area contributed by atoms with Crippen LogP contribution in [0.4, 0.5) is 19.0 Å². The fourth-order valence-electron chi connectivity index (χ4n) is 3.42. The summed E-state index contributed by atoms with van der Waals surface area (Å²) in [6.07, 6.45) is -0.849. The first-order valence-corrected chi connectivity index (χ1v) is 10.8. The van der Waals surface area contributed by atoms with Crippen LogP contribution in [0.1, 0.15) is 22.3 Å². The first kappa shape index (κ1) is 20.8. The molecular formula is C20H21F3N4O2S. The van der Waals surface area contributed by atoms with Crippen molar-refractivity contribution in [3.63, 3.8) is 0 Å². The molecule has 10 heteroatoms. The summed E-state index contributed by atoms with van der Waals surface area (Å²) in [6.45, 7) is 1.91. The van der Waals surface area contributed by atoms with Crippen molar-refractivity contribution in [1.82, 2.24) is 14.9 Å². The number of halogens is 3. The molecule has 0 radical (unpaired) electrons. The molecule has 1 amide bonds. The molecule has 2 fully saturated rings. The van der Waals surface area contributed by atoms with E-state index in [-0.39, 0.29) is 12.0 Å². The molecule has 2 saturated heterocycles. The number of amides is 1. The maximum absolute atomic E-state index is 12.7. The number of carbonyl (C=O) groups is 1. The first-order valence-electron chi connectivity index (χ1n) is 9.68. The highest BCUT2D eigenvalue weighted by atomic mass is 32.2. The number of pyridine rings is 2. The van der Waals surface area contributed by atoms with Crippen LogP contribution in [0.3, 0.4) is 0 Å². The van der Waals surface area contributed by atoms with Crippen LogP contribution in [0.25, 0.3) is 0 Å². The van der Waals surface area contributed by atoms with Crippen molar-refractivity contribution in [2.24, 2.45) is 0 Å². The number of ether oxygens (including phenoxy) is 1. The van der Waals surface area contributed by atoms with E-state index >= 15 is 0 Å². The van der Waals surface area contributed by atoms with Gasteiger partial charge in [-0.1, -0.05) is 0 Å². The Morgan fingerprint density at radius 3 is 2.43 bits per heavy atom. The van der Waals surface area contributed by atoms with Gasteiger partial charge in [-0.3, -0.25) is 4.79 Å². The Morgan fingerprint density at radius 2 is 1.87 bits per heavy atom. The van der Waals surface area contributed by atoms with Crippen molar-refractivity contribution in [2.75, 3.05) is 42.6 Å². The van der Waals surface area contributed by atoms with Crippen LogP contribution in [0.5, 0.6) is 5.88 Å². The standard InChI is InChI=1S/C20H21F3N4O2S/c21-20(22,23)15-2-3-17(24-12-15)26-6-8-27(9-7-26)19(28)14-1-4-18(25-11-14)29-16-5-10-30-13-16/h1-4,11-12,16H,5-10,13H2. The molecule has 0 N–H and O–H groups in total. The largest absolute Gasteiger partial charge is 0.473 e. The Hall–Kier alpha value is -2.49. The molecule has 0 bridgehead atoms. The minimum atomic E-state index is -4.40. The van der Waals surface area contributed by atoms with Gasteiger partial charge in [0.15, 0.2) is 0 Å². The van der Waals surface area contributed by atoms with Crippen LogP contribution in [0.2, 0.25) is 0 Å². The van der Waals surface area contributed by atoms with E-state index in [1.165, 1.54) is 12.3 Å². The molecular weight excluding hydrogens is 417 g/mol. The van der Waals surface area contributed by atoms with Crippen LogP contribution in [0, 0.1) is 0 Å². The minimum absolute atomic E-state index is 0.120. The van der Waals surface area contributed by atoms with E-state index in [1.807, 2.05) is 16.7 Å². The zero-order valence-corrected chi connectivity index (χ0v) is 17.0. The van der Waals surface area contributed by atoms with Gasteiger partial charge >= 0.3 is 6.18 Å². The molecule has 30 heavy (non-hydrogen) atoms. The van der Waals surface area contributed by atoms with E-state index in [0.717, 1.165) is 30.2 Å². The second-order valence-corrected chi connectivity index (χ2v) is 8.32. The lowest BCUT2D eigenvalue weighted by Gasteiger charge is -2.35. The summed E-state index contributed by atoms with van der Waals surface area (Å²) < 4.78 is 43.8. The number of thioether (sulfide) groups is 1. The Balaban J connectivity index is 1.31. The van der Waals surface area contributed by atoms with E-state index in [9.17, 15) is 18.0 Å². The molecule has 2 aromatic rings. The molecule has 1 atom stereocenters. The van der Waals surface area contributed by atoms with E-state index in [0.29, 0.717) is 43.4 Å². The topological polar surface area (TPSA) is 58.6 Å². The number of aromatic nitrogens is 2. The van der Waals surface area contributed by atoms with Gasteiger partial charge in [-0.15, -0.1) is 0 Å². The molecule has 0 aliphatic carbocycles. The summed E-state index contributed by atoms with van der Waals surface area (Å²) in [5, 5.41) is 0.